The third-order valence-corrected chi connectivity index (χ3v) is 5.27. The second-order valence-electron chi connectivity index (χ2n) is 7.42. The first-order valence-electron chi connectivity index (χ1n) is 9.06. The van der Waals surface area contributed by atoms with Crippen LogP contribution in [0.4, 0.5) is 5.82 Å². The summed E-state index contributed by atoms with van der Waals surface area (Å²) >= 11 is 18.5. The number of benzene rings is 1. The Bertz CT molecular complexity index is 955. The van der Waals surface area contributed by atoms with Gasteiger partial charge < -0.3 is 0 Å². The van der Waals surface area contributed by atoms with Gasteiger partial charge in [0.25, 0.3) is 0 Å². The molecule has 2 rings (SSSR count). The summed E-state index contributed by atoms with van der Waals surface area (Å²) in [6.45, 7) is 7.51. The topological polar surface area (TPSA) is 79.0 Å². The largest absolute Gasteiger partial charge is 0.274 e. The minimum absolute atomic E-state index is 0.0207. The molecule has 6 nitrogen and oxygen atoms in total. The van der Waals surface area contributed by atoms with Crippen molar-refractivity contribution in [3.05, 3.63) is 39.0 Å². The molecule has 9 heteroatoms. The molecule has 0 aliphatic heterocycles. The maximum atomic E-state index is 13.0. The van der Waals surface area contributed by atoms with E-state index < -0.39 is 11.8 Å². The number of amides is 2. The van der Waals surface area contributed by atoms with Crippen LogP contribution in [0, 0.1) is 23.2 Å². The van der Waals surface area contributed by atoms with Gasteiger partial charge in [0.05, 0.1) is 27.0 Å². The molecule has 0 unspecified atom stereocenters. The highest BCUT2D eigenvalue weighted by atomic mass is 35.5. The highest BCUT2D eigenvalue weighted by Gasteiger charge is 2.31. The lowest BCUT2D eigenvalue weighted by atomic mass is 10.1. The van der Waals surface area contributed by atoms with Gasteiger partial charge >= 0.3 is 0 Å². The molecule has 2 aromatic rings. The molecule has 0 radical (unpaired) electrons. The van der Waals surface area contributed by atoms with Crippen LogP contribution in [0.5, 0.6) is 0 Å². The van der Waals surface area contributed by atoms with Crippen molar-refractivity contribution in [2.45, 2.75) is 40.5 Å². The molecule has 1 heterocycles. The molecule has 1 aromatic heterocycles. The van der Waals surface area contributed by atoms with E-state index >= 15 is 0 Å². The van der Waals surface area contributed by atoms with Crippen molar-refractivity contribution in [3.63, 3.8) is 0 Å². The molecular weight excluding hydrogens is 435 g/mol. The van der Waals surface area contributed by atoms with E-state index in [-0.39, 0.29) is 51.1 Å². The summed E-state index contributed by atoms with van der Waals surface area (Å²) in [5.74, 6) is -0.746. The fourth-order valence-corrected chi connectivity index (χ4v) is 3.36. The van der Waals surface area contributed by atoms with Gasteiger partial charge in [0.15, 0.2) is 5.82 Å². The van der Waals surface area contributed by atoms with Gasteiger partial charge in [-0.2, -0.15) is 10.4 Å². The standard InChI is InChI=1S/C20H21Cl3N4O2/c1-11(2)7-16(28)26(17(29)8-12(3)4)20-13(9-24)10-25-27(20)15-6-5-14(21)18(22)19(15)23/h5-6,10-12H,7-8H2,1-4H3. The van der Waals surface area contributed by atoms with Gasteiger partial charge in [0.2, 0.25) is 11.8 Å². The second-order valence-corrected chi connectivity index (χ2v) is 8.58. The number of halogens is 3. The zero-order chi connectivity index (χ0) is 21.9. The number of nitriles is 1. The monoisotopic (exact) mass is 454 g/mol. The molecule has 2 amide bonds. The zero-order valence-corrected chi connectivity index (χ0v) is 18.8. The maximum Gasteiger partial charge on any atom is 0.235 e. The summed E-state index contributed by atoms with van der Waals surface area (Å²) in [4.78, 5) is 27.0. The van der Waals surface area contributed by atoms with E-state index in [0.717, 1.165) is 4.90 Å². The fourth-order valence-electron chi connectivity index (χ4n) is 2.75. The number of aromatic nitrogens is 2. The van der Waals surface area contributed by atoms with Gasteiger partial charge in [-0.25, -0.2) is 9.58 Å². The fraction of sp³-hybridized carbons (Fsp3) is 0.400. The minimum Gasteiger partial charge on any atom is -0.274 e. The molecule has 1 aromatic carbocycles. The highest BCUT2D eigenvalue weighted by Crippen LogP contribution is 2.37. The van der Waals surface area contributed by atoms with E-state index in [0.29, 0.717) is 5.69 Å². The van der Waals surface area contributed by atoms with E-state index in [1.165, 1.54) is 16.9 Å². The Morgan fingerprint density at radius 1 is 1.07 bits per heavy atom. The molecule has 154 valence electrons. The Balaban J connectivity index is 2.72. The van der Waals surface area contributed by atoms with Crippen LogP contribution < -0.4 is 4.90 Å². The lowest BCUT2D eigenvalue weighted by Crippen LogP contribution is -2.40. The van der Waals surface area contributed by atoms with Crippen LogP contribution in [0.15, 0.2) is 18.3 Å². The molecule has 0 bridgehead atoms. The average Bonchev–Trinajstić information content (AvgIpc) is 3.02. The van der Waals surface area contributed by atoms with Crippen LogP contribution in [0.2, 0.25) is 15.1 Å². The van der Waals surface area contributed by atoms with Gasteiger partial charge in [0.1, 0.15) is 11.6 Å². The first-order valence-corrected chi connectivity index (χ1v) is 10.2. The molecule has 0 N–H and O–H groups in total. The van der Waals surface area contributed by atoms with Crippen molar-refractivity contribution < 1.29 is 9.59 Å². The molecule has 0 aliphatic carbocycles. The van der Waals surface area contributed by atoms with Crippen LogP contribution in [-0.4, -0.2) is 21.6 Å². The normalized spacial score (nSPS) is 11.0. The van der Waals surface area contributed by atoms with Crippen LogP contribution in [0.3, 0.4) is 0 Å². The molecule has 29 heavy (non-hydrogen) atoms. The number of carbonyl (C=O) groups excluding carboxylic acids is 2. The van der Waals surface area contributed by atoms with Gasteiger partial charge in [-0.3, -0.25) is 9.59 Å². The number of carbonyl (C=O) groups is 2. The van der Waals surface area contributed by atoms with E-state index in [1.807, 2.05) is 33.8 Å². The first-order chi connectivity index (χ1) is 13.6. The van der Waals surface area contributed by atoms with Crippen molar-refractivity contribution in [1.82, 2.24) is 9.78 Å². The molecule has 0 aliphatic rings. The van der Waals surface area contributed by atoms with Crippen molar-refractivity contribution in [1.29, 1.82) is 5.26 Å². The van der Waals surface area contributed by atoms with E-state index in [9.17, 15) is 14.9 Å². The number of nitrogens with zero attached hydrogens (tertiary/aromatic N) is 4. The third-order valence-electron chi connectivity index (χ3n) is 3.98. The summed E-state index contributed by atoms with van der Waals surface area (Å²) in [7, 11) is 0. The number of imide groups is 1. The first kappa shape index (κ1) is 23.2. The zero-order valence-electron chi connectivity index (χ0n) is 16.5. The number of rotatable bonds is 6. The summed E-state index contributed by atoms with van der Waals surface area (Å²) < 4.78 is 1.28. The predicted molar refractivity (Wildman–Crippen MR) is 115 cm³/mol. The highest BCUT2D eigenvalue weighted by molar-refractivity contribution is 6.48. The summed E-state index contributed by atoms with van der Waals surface area (Å²) in [5.41, 5.74) is 0.374. The van der Waals surface area contributed by atoms with Gasteiger partial charge in [-0.05, 0) is 24.0 Å². The van der Waals surface area contributed by atoms with Crippen LogP contribution in [0.1, 0.15) is 46.1 Å². The minimum atomic E-state index is -0.417. The van der Waals surface area contributed by atoms with Crippen LogP contribution in [-0.2, 0) is 9.59 Å². The lowest BCUT2D eigenvalue weighted by Gasteiger charge is -2.24. The van der Waals surface area contributed by atoms with Gasteiger partial charge in [0, 0.05) is 12.8 Å². The molecule has 0 saturated heterocycles. The molecular formula is C20H21Cl3N4O2. The van der Waals surface area contributed by atoms with Gasteiger partial charge in [-0.1, -0.05) is 62.5 Å². The third kappa shape index (κ3) is 5.11. The number of hydrogen-bond acceptors (Lipinski definition) is 4. The smallest absolute Gasteiger partial charge is 0.235 e. The summed E-state index contributed by atoms with van der Waals surface area (Å²) in [5, 5.41) is 14.2. The van der Waals surface area contributed by atoms with Crippen molar-refractivity contribution >= 4 is 52.4 Å². The lowest BCUT2D eigenvalue weighted by molar-refractivity contribution is -0.127. The van der Waals surface area contributed by atoms with Crippen LogP contribution >= 0.6 is 34.8 Å². The SMILES string of the molecule is CC(C)CC(=O)N(C(=O)CC(C)C)c1c(C#N)cnn1-c1ccc(Cl)c(Cl)c1Cl. The Hall–Kier alpha value is -2.07. The van der Waals surface area contributed by atoms with Crippen molar-refractivity contribution in [3.8, 4) is 11.8 Å². The quantitative estimate of drug-likeness (QED) is 0.527. The average molecular weight is 456 g/mol. The van der Waals surface area contributed by atoms with Crippen LogP contribution in [0.25, 0.3) is 5.69 Å². The second kappa shape index (κ2) is 9.62. The Morgan fingerprint density at radius 2 is 1.62 bits per heavy atom. The van der Waals surface area contributed by atoms with E-state index in [4.69, 9.17) is 34.8 Å². The molecule has 0 atom stereocenters. The number of anilines is 1. The van der Waals surface area contributed by atoms with Gasteiger partial charge in [-0.15, -0.1) is 0 Å². The number of hydrogen-bond donors (Lipinski definition) is 0. The Labute approximate surface area is 184 Å². The summed E-state index contributed by atoms with van der Waals surface area (Å²) in [6, 6.07) is 5.08. The van der Waals surface area contributed by atoms with Crippen molar-refractivity contribution in [2.75, 3.05) is 4.90 Å². The van der Waals surface area contributed by atoms with Crippen molar-refractivity contribution in [2.24, 2.45) is 11.8 Å². The maximum absolute atomic E-state index is 13.0. The van der Waals surface area contributed by atoms with E-state index in [1.54, 1.807) is 6.07 Å². The summed E-state index contributed by atoms with van der Waals surface area (Å²) in [6.07, 6.45) is 1.55. The Morgan fingerprint density at radius 3 is 2.10 bits per heavy atom. The van der Waals surface area contributed by atoms with E-state index in [2.05, 4.69) is 5.10 Å². The molecule has 0 spiro atoms. The molecule has 0 saturated carbocycles. The predicted octanol–water partition coefficient (Wildman–Crippen LogP) is 5.66. The Kier molecular flexibility index (Phi) is 7.70. The molecule has 0 fully saturated rings.